The van der Waals surface area contributed by atoms with Crippen LogP contribution in [-0.4, -0.2) is 14.6 Å². The first-order chi connectivity index (χ1) is 4.88. The van der Waals surface area contributed by atoms with Crippen LogP contribution in [0.2, 0.25) is 0 Å². The quantitative estimate of drug-likeness (QED) is 0.595. The van der Waals surface area contributed by atoms with Gasteiger partial charge in [-0.05, 0) is 6.07 Å². The van der Waals surface area contributed by atoms with Crippen LogP contribution in [0.3, 0.4) is 0 Å². The van der Waals surface area contributed by atoms with Crippen LogP contribution in [0.25, 0.3) is 11.0 Å². The van der Waals surface area contributed by atoms with Crippen LogP contribution < -0.4 is 4.74 Å². The fourth-order valence-corrected chi connectivity index (χ4v) is 1.22. The molecule has 0 aromatic carbocycles. The van der Waals surface area contributed by atoms with Crippen LogP contribution in [0.5, 0.6) is 0 Å². The summed E-state index contributed by atoms with van der Waals surface area (Å²) in [6.07, 6.45) is 1.67. The first kappa shape index (κ1) is 5.55. The molecule has 0 aliphatic carbocycles. The van der Waals surface area contributed by atoms with Crippen molar-refractivity contribution >= 4 is 22.6 Å². The van der Waals surface area contributed by atoms with E-state index in [-0.39, 0.29) is 4.74 Å². The van der Waals surface area contributed by atoms with Crippen molar-refractivity contribution in [3.05, 3.63) is 21.8 Å². The largest absolute Gasteiger partial charge is 0.344 e. The van der Waals surface area contributed by atoms with Crippen LogP contribution in [0.15, 0.2) is 17.1 Å². The Kier molecular flexibility index (Phi) is 1.04. The molecule has 0 unspecified atom stereocenters. The number of nitrogens with one attached hydrogen (secondary N) is 1. The SMILES string of the molecule is O=c1snnc2[nH]ccc12. The zero-order valence-corrected chi connectivity index (χ0v) is 5.68. The Morgan fingerprint density at radius 2 is 2.50 bits per heavy atom. The van der Waals surface area contributed by atoms with Crippen molar-refractivity contribution in [2.75, 3.05) is 0 Å². The molecule has 2 aromatic rings. The van der Waals surface area contributed by atoms with Crippen LogP contribution in [-0.2, 0) is 0 Å². The van der Waals surface area contributed by atoms with Gasteiger partial charge in [0.1, 0.15) is 0 Å². The summed E-state index contributed by atoms with van der Waals surface area (Å²) in [4.78, 5) is 13.7. The molecular weight excluding hydrogens is 150 g/mol. The van der Waals surface area contributed by atoms with Gasteiger partial charge >= 0.3 is 0 Å². The fourth-order valence-electron chi connectivity index (χ4n) is 0.756. The molecule has 2 aromatic heterocycles. The van der Waals surface area contributed by atoms with E-state index < -0.39 is 0 Å². The molecule has 0 bridgehead atoms. The highest BCUT2D eigenvalue weighted by Gasteiger charge is 1.98. The summed E-state index contributed by atoms with van der Waals surface area (Å²) in [7, 11) is 0. The lowest BCUT2D eigenvalue weighted by atomic mass is 10.5. The fraction of sp³-hybridized carbons (Fsp3) is 0. The van der Waals surface area contributed by atoms with Gasteiger partial charge in [-0.2, -0.15) is 0 Å². The molecule has 0 saturated heterocycles. The summed E-state index contributed by atoms with van der Waals surface area (Å²) in [5.41, 5.74) is 0.559. The minimum Gasteiger partial charge on any atom is -0.344 e. The van der Waals surface area contributed by atoms with Crippen LogP contribution in [0.1, 0.15) is 0 Å². The number of rotatable bonds is 0. The molecule has 0 saturated carbocycles. The Hall–Kier alpha value is -1.23. The van der Waals surface area contributed by atoms with Crippen LogP contribution >= 0.6 is 11.5 Å². The highest BCUT2D eigenvalue weighted by atomic mass is 32.1. The van der Waals surface area contributed by atoms with Gasteiger partial charge in [0.05, 0.1) is 5.39 Å². The normalized spacial score (nSPS) is 10.4. The Bertz CT molecular complexity index is 404. The first-order valence-electron chi connectivity index (χ1n) is 2.68. The van der Waals surface area contributed by atoms with E-state index in [2.05, 4.69) is 14.6 Å². The van der Waals surface area contributed by atoms with Gasteiger partial charge in [0.25, 0.3) is 4.74 Å². The van der Waals surface area contributed by atoms with Crippen LogP contribution in [0.4, 0.5) is 0 Å². The number of nitrogens with zero attached hydrogens (tertiary/aromatic N) is 2. The summed E-state index contributed by atoms with van der Waals surface area (Å²) in [6, 6.07) is 1.70. The van der Waals surface area contributed by atoms with Gasteiger partial charge in [0.15, 0.2) is 5.65 Å². The lowest BCUT2D eigenvalue weighted by molar-refractivity contribution is 1.15. The molecule has 0 spiro atoms. The molecular formula is C5H3N3OS. The van der Waals surface area contributed by atoms with Gasteiger partial charge in [-0.1, -0.05) is 4.49 Å². The summed E-state index contributed by atoms with van der Waals surface area (Å²) in [5.74, 6) is 0. The van der Waals surface area contributed by atoms with E-state index in [0.717, 1.165) is 11.5 Å². The van der Waals surface area contributed by atoms with E-state index in [9.17, 15) is 4.79 Å². The standard InChI is InChI=1S/C5H3N3OS/c9-5-3-1-2-6-4(3)7-8-10-5/h1-2,6H. The molecule has 0 atom stereocenters. The van der Waals surface area contributed by atoms with Gasteiger partial charge in [0, 0.05) is 17.7 Å². The summed E-state index contributed by atoms with van der Waals surface area (Å²) in [6.45, 7) is 0. The van der Waals surface area contributed by atoms with Crippen molar-refractivity contribution in [2.24, 2.45) is 0 Å². The maximum atomic E-state index is 10.9. The minimum absolute atomic E-state index is 0.0498. The second kappa shape index (κ2) is 1.88. The number of H-pyrrole nitrogens is 1. The summed E-state index contributed by atoms with van der Waals surface area (Å²) < 4.78 is 3.48. The van der Waals surface area contributed by atoms with Crippen molar-refractivity contribution in [2.45, 2.75) is 0 Å². The van der Waals surface area contributed by atoms with E-state index in [0.29, 0.717) is 11.0 Å². The zero-order chi connectivity index (χ0) is 6.97. The lowest BCUT2D eigenvalue weighted by Crippen LogP contribution is -1.95. The van der Waals surface area contributed by atoms with E-state index in [4.69, 9.17) is 0 Å². The van der Waals surface area contributed by atoms with Crippen LogP contribution in [0, 0.1) is 0 Å². The molecule has 0 fully saturated rings. The molecule has 4 nitrogen and oxygen atoms in total. The monoisotopic (exact) mass is 153 g/mol. The van der Waals surface area contributed by atoms with E-state index >= 15 is 0 Å². The number of fused-ring (bicyclic) bond motifs is 1. The molecule has 0 aliphatic rings. The van der Waals surface area contributed by atoms with Gasteiger partial charge in [-0.15, -0.1) is 5.10 Å². The summed E-state index contributed by atoms with van der Waals surface area (Å²) >= 11 is 0.865. The molecule has 2 heterocycles. The smallest absolute Gasteiger partial charge is 0.262 e. The van der Waals surface area contributed by atoms with Crippen molar-refractivity contribution < 1.29 is 0 Å². The van der Waals surface area contributed by atoms with E-state index in [1.165, 1.54) is 0 Å². The van der Waals surface area contributed by atoms with Crippen molar-refractivity contribution in [3.63, 3.8) is 0 Å². The topological polar surface area (TPSA) is 58.6 Å². The highest BCUT2D eigenvalue weighted by molar-refractivity contribution is 7.03. The molecule has 0 amide bonds. The molecule has 5 heteroatoms. The molecule has 2 rings (SSSR count). The van der Waals surface area contributed by atoms with Gasteiger partial charge < -0.3 is 4.98 Å². The average Bonchev–Trinajstić information content (AvgIpc) is 2.36. The summed E-state index contributed by atoms with van der Waals surface area (Å²) in [5, 5.41) is 4.33. The molecule has 10 heavy (non-hydrogen) atoms. The third kappa shape index (κ3) is 0.640. The molecule has 0 radical (unpaired) electrons. The lowest BCUT2D eigenvalue weighted by Gasteiger charge is -1.79. The predicted molar refractivity (Wildman–Crippen MR) is 38.0 cm³/mol. The van der Waals surface area contributed by atoms with Crippen molar-refractivity contribution in [1.82, 2.24) is 14.6 Å². The Labute approximate surface area is 59.7 Å². The predicted octanol–water partition coefficient (Wildman–Crippen LogP) is 0.380. The number of hydrogen-bond donors (Lipinski definition) is 1. The maximum Gasteiger partial charge on any atom is 0.262 e. The van der Waals surface area contributed by atoms with E-state index in [1.54, 1.807) is 12.3 Å². The molecule has 0 aliphatic heterocycles. The van der Waals surface area contributed by atoms with Gasteiger partial charge in [-0.25, -0.2) is 0 Å². The second-order valence-electron chi connectivity index (χ2n) is 1.80. The van der Waals surface area contributed by atoms with Gasteiger partial charge in [0.2, 0.25) is 0 Å². The third-order valence-electron chi connectivity index (χ3n) is 1.21. The third-order valence-corrected chi connectivity index (χ3v) is 1.76. The molecule has 1 N–H and O–H groups in total. The highest BCUT2D eigenvalue weighted by Crippen LogP contribution is 2.00. The van der Waals surface area contributed by atoms with E-state index in [1.807, 2.05) is 0 Å². The molecule has 50 valence electrons. The average molecular weight is 153 g/mol. The first-order valence-corrected chi connectivity index (χ1v) is 3.45. The Morgan fingerprint density at radius 3 is 3.30 bits per heavy atom. The minimum atomic E-state index is -0.0498. The van der Waals surface area contributed by atoms with Crippen molar-refractivity contribution in [3.8, 4) is 0 Å². The number of hydrogen-bond acceptors (Lipinski definition) is 4. The Balaban J connectivity index is 3.09. The Morgan fingerprint density at radius 1 is 1.60 bits per heavy atom. The maximum absolute atomic E-state index is 10.9. The second-order valence-corrected chi connectivity index (χ2v) is 2.52. The zero-order valence-electron chi connectivity index (χ0n) is 4.87. The van der Waals surface area contributed by atoms with Crippen molar-refractivity contribution in [1.29, 1.82) is 0 Å². The number of aromatic nitrogens is 3. The van der Waals surface area contributed by atoms with Gasteiger partial charge in [-0.3, -0.25) is 4.79 Å². The number of aromatic amines is 1.